The lowest BCUT2D eigenvalue weighted by Crippen LogP contribution is -2.52. The Morgan fingerprint density at radius 3 is 2.75 bits per heavy atom. The number of carboxylic acid groups (broad SMARTS) is 1. The van der Waals surface area contributed by atoms with Gasteiger partial charge in [0.25, 0.3) is 0 Å². The lowest BCUT2D eigenvalue weighted by atomic mass is 9.97. The summed E-state index contributed by atoms with van der Waals surface area (Å²) in [5, 5.41) is 9.13. The predicted octanol–water partition coefficient (Wildman–Crippen LogP) is 1.49. The summed E-state index contributed by atoms with van der Waals surface area (Å²) < 4.78 is 5.14. The Hall–Kier alpha value is -1.88. The number of carboxylic acids is 1. The van der Waals surface area contributed by atoms with E-state index in [0.717, 1.165) is 5.56 Å². The monoisotopic (exact) mass is 277 g/mol. The Morgan fingerprint density at radius 2 is 2.10 bits per heavy atom. The minimum absolute atomic E-state index is 0.0702. The molecule has 0 aromatic heterocycles. The van der Waals surface area contributed by atoms with Gasteiger partial charge in [0.15, 0.2) is 6.04 Å². The average Bonchev–Trinajstić information content (AvgIpc) is 2.48. The van der Waals surface area contributed by atoms with E-state index in [1.54, 1.807) is 0 Å². The van der Waals surface area contributed by atoms with Crippen molar-refractivity contribution in [2.45, 2.75) is 25.3 Å². The van der Waals surface area contributed by atoms with E-state index in [9.17, 15) is 9.59 Å². The van der Waals surface area contributed by atoms with Crippen LogP contribution in [-0.2, 0) is 14.3 Å². The van der Waals surface area contributed by atoms with E-state index in [0.29, 0.717) is 19.6 Å². The van der Waals surface area contributed by atoms with E-state index in [1.807, 2.05) is 37.3 Å². The van der Waals surface area contributed by atoms with Gasteiger partial charge in [-0.05, 0) is 11.5 Å². The SMILES string of the molecule is CC(CC(=O)N1CCOCC1C(=O)O)c1ccccc1. The Kier molecular flexibility index (Phi) is 4.74. The van der Waals surface area contributed by atoms with Gasteiger partial charge in [0.05, 0.1) is 13.2 Å². The normalized spacial score (nSPS) is 20.4. The second-order valence-corrected chi connectivity index (χ2v) is 5.03. The molecule has 1 amide bonds. The minimum atomic E-state index is -1.01. The molecule has 0 radical (unpaired) electrons. The second kappa shape index (κ2) is 6.52. The lowest BCUT2D eigenvalue weighted by Gasteiger charge is -2.33. The van der Waals surface area contributed by atoms with Crippen LogP contribution in [-0.4, -0.2) is 47.7 Å². The van der Waals surface area contributed by atoms with Crippen molar-refractivity contribution in [1.82, 2.24) is 4.90 Å². The highest BCUT2D eigenvalue weighted by molar-refractivity contribution is 5.84. The van der Waals surface area contributed by atoms with E-state index >= 15 is 0 Å². The number of rotatable bonds is 4. The summed E-state index contributed by atoms with van der Waals surface area (Å²) in [6, 6.07) is 8.90. The first-order valence-electron chi connectivity index (χ1n) is 6.74. The average molecular weight is 277 g/mol. The van der Waals surface area contributed by atoms with E-state index in [1.165, 1.54) is 4.90 Å². The quantitative estimate of drug-likeness (QED) is 0.905. The first-order chi connectivity index (χ1) is 9.59. The molecule has 0 bridgehead atoms. The molecule has 2 rings (SSSR count). The third-order valence-electron chi connectivity index (χ3n) is 3.58. The zero-order valence-electron chi connectivity index (χ0n) is 11.5. The number of ether oxygens (including phenoxy) is 1. The van der Waals surface area contributed by atoms with Gasteiger partial charge in [0.1, 0.15) is 0 Å². The molecule has 1 aliphatic heterocycles. The molecule has 5 heteroatoms. The molecule has 2 unspecified atom stereocenters. The fourth-order valence-electron chi connectivity index (χ4n) is 2.39. The largest absolute Gasteiger partial charge is 0.480 e. The number of morpholine rings is 1. The number of nitrogens with zero attached hydrogens (tertiary/aromatic N) is 1. The zero-order valence-corrected chi connectivity index (χ0v) is 11.5. The van der Waals surface area contributed by atoms with Gasteiger partial charge in [0, 0.05) is 13.0 Å². The second-order valence-electron chi connectivity index (χ2n) is 5.03. The van der Waals surface area contributed by atoms with Gasteiger partial charge in [-0.3, -0.25) is 4.79 Å². The van der Waals surface area contributed by atoms with Gasteiger partial charge in [-0.1, -0.05) is 37.3 Å². The van der Waals surface area contributed by atoms with Crippen molar-refractivity contribution >= 4 is 11.9 Å². The molecule has 0 spiro atoms. The molecular formula is C15H19NO4. The molecule has 20 heavy (non-hydrogen) atoms. The smallest absolute Gasteiger partial charge is 0.328 e. The molecule has 0 aliphatic carbocycles. The summed E-state index contributed by atoms with van der Waals surface area (Å²) in [5.74, 6) is -1.07. The standard InChI is InChI=1S/C15H19NO4/c1-11(12-5-3-2-4-6-12)9-14(17)16-7-8-20-10-13(16)15(18)19/h2-6,11,13H,7-10H2,1H3,(H,18,19). The lowest BCUT2D eigenvalue weighted by molar-refractivity contribution is -0.158. The van der Waals surface area contributed by atoms with Crippen molar-refractivity contribution in [2.75, 3.05) is 19.8 Å². The Labute approximate surface area is 118 Å². The van der Waals surface area contributed by atoms with Gasteiger partial charge < -0.3 is 14.7 Å². The Balaban J connectivity index is 2.01. The number of hydrogen-bond donors (Lipinski definition) is 1. The molecule has 1 aliphatic rings. The summed E-state index contributed by atoms with van der Waals surface area (Å²) in [7, 11) is 0. The summed E-state index contributed by atoms with van der Waals surface area (Å²) in [6.45, 7) is 2.79. The van der Waals surface area contributed by atoms with Crippen LogP contribution in [0.4, 0.5) is 0 Å². The van der Waals surface area contributed by atoms with Crippen molar-refractivity contribution in [2.24, 2.45) is 0 Å². The zero-order chi connectivity index (χ0) is 14.5. The fraction of sp³-hybridized carbons (Fsp3) is 0.467. The number of aliphatic carboxylic acids is 1. The maximum Gasteiger partial charge on any atom is 0.328 e. The highest BCUT2D eigenvalue weighted by atomic mass is 16.5. The molecule has 1 aromatic carbocycles. The Bertz CT molecular complexity index is 474. The van der Waals surface area contributed by atoms with Gasteiger partial charge in [0.2, 0.25) is 5.91 Å². The highest BCUT2D eigenvalue weighted by Gasteiger charge is 2.33. The molecule has 1 fully saturated rings. The fourth-order valence-corrected chi connectivity index (χ4v) is 2.39. The van der Waals surface area contributed by atoms with Gasteiger partial charge in [-0.25, -0.2) is 4.79 Å². The third-order valence-corrected chi connectivity index (χ3v) is 3.58. The highest BCUT2D eigenvalue weighted by Crippen LogP contribution is 2.21. The van der Waals surface area contributed by atoms with Crippen molar-refractivity contribution in [1.29, 1.82) is 0 Å². The summed E-state index contributed by atoms with van der Waals surface area (Å²) in [4.78, 5) is 24.9. The van der Waals surface area contributed by atoms with Crippen molar-refractivity contribution in [3.8, 4) is 0 Å². The first kappa shape index (κ1) is 14.5. The van der Waals surface area contributed by atoms with E-state index < -0.39 is 12.0 Å². The van der Waals surface area contributed by atoms with Crippen LogP contribution in [0.25, 0.3) is 0 Å². The van der Waals surface area contributed by atoms with Gasteiger partial charge >= 0.3 is 5.97 Å². The predicted molar refractivity (Wildman–Crippen MR) is 73.4 cm³/mol. The van der Waals surface area contributed by atoms with Crippen molar-refractivity contribution in [3.05, 3.63) is 35.9 Å². The molecule has 2 atom stereocenters. The van der Waals surface area contributed by atoms with Crippen LogP contribution in [0.2, 0.25) is 0 Å². The van der Waals surface area contributed by atoms with Crippen LogP contribution in [0, 0.1) is 0 Å². The maximum atomic E-state index is 12.3. The summed E-state index contributed by atoms with van der Waals surface area (Å²) in [5.41, 5.74) is 1.08. The molecule has 1 saturated heterocycles. The van der Waals surface area contributed by atoms with Gasteiger partial charge in [-0.2, -0.15) is 0 Å². The number of amides is 1. The van der Waals surface area contributed by atoms with Crippen LogP contribution in [0.3, 0.4) is 0 Å². The first-order valence-corrected chi connectivity index (χ1v) is 6.74. The molecular weight excluding hydrogens is 258 g/mol. The molecule has 1 aromatic rings. The van der Waals surface area contributed by atoms with Crippen molar-refractivity contribution in [3.63, 3.8) is 0 Å². The van der Waals surface area contributed by atoms with Crippen molar-refractivity contribution < 1.29 is 19.4 Å². The summed E-state index contributed by atoms with van der Waals surface area (Å²) in [6.07, 6.45) is 0.313. The van der Waals surface area contributed by atoms with Crippen LogP contribution in [0.5, 0.6) is 0 Å². The summed E-state index contributed by atoms with van der Waals surface area (Å²) >= 11 is 0. The Morgan fingerprint density at radius 1 is 1.40 bits per heavy atom. The number of hydrogen-bond acceptors (Lipinski definition) is 3. The van der Waals surface area contributed by atoms with Crippen LogP contribution >= 0.6 is 0 Å². The molecule has 5 nitrogen and oxygen atoms in total. The van der Waals surface area contributed by atoms with E-state index in [2.05, 4.69) is 0 Å². The molecule has 1 N–H and O–H groups in total. The van der Waals surface area contributed by atoms with Crippen LogP contribution in [0.15, 0.2) is 30.3 Å². The third kappa shape index (κ3) is 3.36. The van der Waals surface area contributed by atoms with Gasteiger partial charge in [-0.15, -0.1) is 0 Å². The number of carbonyl (C=O) groups excluding carboxylic acids is 1. The molecule has 1 heterocycles. The van der Waals surface area contributed by atoms with E-state index in [4.69, 9.17) is 9.84 Å². The van der Waals surface area contributed by atoms with Crippen LogP contribution in [0.1, 0.15) is 24.8 Å². The topological polar surface area (TPSA) is 66.8 Å². The molecule has 108 valence electrons. The molecule has 0 saturated carbocycles. The van der Waals surface area contributed by atoms with Crippen LogP contribution < -0.4 is 0 Å². The van der Waals surface area contributed by atoms with E-state index in [-0.39, 0.29) is 18.4 Å². The number of carbonyl (C=O) groups is 2. The minimum Gasteiger partial charge on any atom is -0.480 e. The number of benzene rings is 1. The maximum absolute atomic E-state index is 12.3.